The molecule has 0 N–H and O–H groups in total. The molecule has 0 aliphatic rings. The summed E-state index contributed by atoms with van der Waals surface area (Å²) in [5.41, 5.74) is 11.7. The van der Waals surface area contributed by atoms with E-state index in [1.807, 2.05) is 30.3 Å². The molecule has 0 unspecified atom stereocenters. The molecular formula is C45H38N4Pt. The van der Waals surface area contributed by atoms with Crippen LogP contribution in [0.1, 0.15) is 63.8 Å². The molecule has 3 heterocycles. The Balaban J connectivity index is 0.00000392. The number of pyridine rings is 1. The second kappa shape index (κ2) is 12.1. The first-order valence-corrected chi connectivity index (χ1v) is 16.9. The first-order chi connectivity index (χ1) is 23.5. The van der Waals surface area contributed by atoms with E-state index in [0.29, 0.717) is 5.56 Å². The predicted molar refractivity (Wildman–Crippen MR) is 203 cm³/mol. The summed E-state index contributed by atoms with van der Waals surface area (Å²) >= 11 is 0. The number of hydrogen-bond donors (Lipinski definition) is 0. The second-order valence-corrected chi connectivity index (χ2v) is 15.1. The minimum absolute atomic E-state index is 0. The Bertz CT molecular complexity index is 2650. The van der Waals surface area contributed by atoms with Gasteiger partial charge in [-0.05, 0) is 35.6 Å². The van der Waals surface area contributed by atoms with Crippen LogP contribution < -0.4 is 0 Å². The number of aryl methyl sites for hydroxylation is 1. The zero-order valence-corrected chi connectivity index (χ0v) is 31.7. The summed E-state index contributed by atoms with van der Waals surface area (Å²) in [6.07, 6.45) is 0. The molecule has 248 valence electrons. The third kappa shape index (κ3) is 5.28. The molecule has 0 bridgehead atoms. The minimum Gasteiger partial charge on any atom is -0.318 e. The monoisotopic (exact) mass is 829 g/mol. The van der Waals surface area contributed by atoms with Gasteiger partial charge in [0.2, 0.25) is 0 Å². The molecule has 0 aliphatic carbocycles. The third-order valence-corrected chi connectivity index (χ3v) is 9.83. The largest absolute Gasteiger partial charge is 2.00 e. The van der Waals surface area contributed by atoms with Gasteiger partial charge in [0.25, 0.3) is 0 Å². The van der Waals surface area contributed by atoms with Crippen molar-refractivity contribution in [2.45, 2.75) is 59.3 Å². The zero-order chi connectivity index (χ0) is 34.2. The van der Waals surface area contributed by atoms with Crippen molar-refractivity contribution in [1.82, 2.24) is 14.1 Å². The Morgan fingerprint density at radius 3 is 1.84 bits per heavy atom. The van der Waals surface area contributed by atoms with Crippen molar-refractivity contribution in [3.63, 3.8) is 0 Å². The van der Waals surface area contributed by atoms with Crippen LogP contribution in [0.3, 0.4) is 0 Å². The number of fused-ring (bicyclic) bond motifs is 6. The van der Waals surface area contributed by atoms with Crippen LogP contribution in [0.2, 0.25) is 0 Å². The van der Waals surface area contributed by atoms with Crippen molar-refractivity contribution in [2.75, 3.05) is 0 Å². The van der Waals surface area contributed by atoms with Crippen LogP contribution in [-0.4, -0.2) is 14.1 Å². The van der Waals surface area contributed by atoms with E-state index in [2.05, 4.69) is 149 Å². The molecule has 0 spiro atoms. The van der Waals surface area contributed by atoms with E-state index in [9.17, 15) is 5.26 Å². The molecule has 8 rings (SSSR count). The number of para-hydroxylation sites is 2. The molecule has 0 saturated heterocycles. The number of nitriles is 1. The Kier molecular flexibility index (Phi) is 8.12. The molecule has 8 aromatic rings. The van der Waals surface area contributed by atoms with Crippen LogP contribution in [-0.2, 0) is 31.9 Å². The van der Waals surface area contributed by atoms with E-state index in [-0.39, 0.29) is 31.9 Å². The van der Waals surface area contributed by atoms with Crippen molar-refractivity contribution < 1.29 is 21.1 Å². The van der Waals surface area contributed by atoms with Gasteiger partial charge in [0, 0.05) is 21.5 Å². The van der Waals surface area contributed by atoms with E-state index in [1.165, 1.54) is 16.7 Å². The number of nitrogens with zero attached hydrogens (tertiary/aromatic N) is 4. The fraction of sp³-hybridized carbons (Fsp3) is 0.200. The van der Waals surface area contributed by atoms with Gasteiger partial charge >= 0.3 is 21.1 Å². The fourth-order valence-electron chi connectivity index (χ4n) is 7.15. The van der Waals surface area contributed by atoms with Gasteiger partial charge in [-0.1, -0.05) is 119 Å². The number of aromatic nitrogens is 3. The van der Waals surface area contributed by atoms with E-state index in [4.69, 9.17) is 4.98 Å². The maximum atomic E-state index is 11.0. The smallest absolute Gasteiger partial charge is 0.318 e. The van der Waals surface area contributed by atoms with Gasteiger partial charge in [-0.2, -0.15) is 29.0 Å². The SMILES string of the molecule is Cc1ccc(C(C)(C)C)cc1-c1[c-]c(-n2c3ccccc3c3c(C#N)c4c5ccccc5n(-c5[c-]ccc(C(C)(C)C)c5)c4nc32)ccc1.[Pt+2]. The van der Waals surface area contributed by atoms with Crippen molar-refractivity contribution in [1.29, 1.82) is 5.26 Å². The van der Waals surface area contributed by atoms with Crippen LogP contribution in [0.4, 0.5) is 0 Å². The van der Waals surface area contributed by atoms with Crippen molar-refractivity contribution in [2.24, 2.45) is 0 Å². The summed E-state index contributed by atoms with van der Waals surface area (Å²) in [7, 11) is 0. The first kappa shape index (κ1) is 33.5. The summed E-state index contributed by atoms with van der Waals surface area (Å²) in [4.78, 5) is 5.51. The van der Waals surface area contributed by atoms with Crippen molar-refractivity contribution in [3.8, 4) is 28.6 Å². The molecular weight excluding hydrogens is 792 g/mol. The molecule has 5 heteroatoms. The Labute approximate surface area is 308 Å². The quantitative estimate of drug-likeness (QED) is 0.167. The maximum absolute atomic E-state index is 11.0. The molecule has 4 nitrogen and oxygen atoms in total. The predicted octanol–water partition coefficient (Wildman–Crippen LogP) is 11.3. The van der Waals surface area contributed by atoms with Crippen LogP contribution in [0.25, 0.3) is 66.4 Å². The summed E-state index contributed by atoms with van der Waals surface area (Å²) < 4.78 is 4.35. The van der Waals surface area contributed by atoms with Crippen LogP contribution in [0.15, 0.2) is 103 Å². The van der Waals surface area contributed by atoms with Gasteiger partial charge in [0.05, 0.1) is 16.6 Å². The third-order valence-electron chi connectivity index (χ3n) is 9.83. The topological polar surface area (TPSA) is 46.5 Å². The normalized spacial score (nSPS) is 12.1. The molecule has 0 aliphatic heterocycles. The molecule has 0 fully saturated rings. The average molecular weight is 830 g/mol. The molecule has 3 aromatic heterocycles. The van der Waals surface area contributed by atoms with E-state index in [0.717, 1.165) is 66.4 Å². The first-order valence-electron chi connectivity index (χ1n) is 16.9. The summed E-state index contributed by atoms with van der Waals surface area (Å²) in [6.45, 7) is 15.6. The second-order valence-electron chi connectivity index (χ2n) is 15.1. The van der Waals surface area contributed by atoms with Gasteiger partial charge in [-0.15, -0.1) is 35.9 Å². The van der Waals surface area contributed by atoms with Gasteiger partial charge < -0.3 is 9.13 Å². The molecule has 0 amide bonds. The zero-order valence-electron chi connectivity index (χ0n) is 29.4. The molecule has 0 atom stereocenters. The van der Waals surface area contributed by atoms with E-state index >= 15 is 0 Å². The number of hydrogen-bond acceptors (Lipinski definition) is 2. The van der Waals surface area contributed by atoms with Crippen LogP contribution in [0, 0.1) is 30.4 Å². The molecule has 0 saturated carbocycles. The molecule has 50 heavy (non-hydrogen) atoms. The van der Waals surface area contributed by atoms with E-state index < -0.39 is 0 Å². The Hall–Kier alpha value is -4.97. The average Bonchev–Trinajstić information content (AvgIpc) is 3.59. The van der Waals surface area contributed by atoms with Crippen LogP contribution in [0.5, 0.6) is 0 Å². The van der Waals surface area contributed by atoms with Crippen molar-refractivity contribution >= 4 is 43.9 Å². The minimum atomic E-state index is -0.0425. The molecule has 0 radical (unpaired) electrons. The standard InChI is InChI=1S/C45H38N4.Pt/c1-28-22-23-31(45(5,6)7)26-36(28)29-14-12-16-32(24-29)48-38-20-10-8-18-34(38)40-37(27-46)41-35-19-9-11-21-39(35)49(43(41)47-42(40)48)33-17-13-15-30(25-33)44(2,3)4;/h8-16,18-23,25-26H,1-7H3;/q-2;+2. The maximum Gasteiger partial charge on any atom is 2.00 e. The van der Waals surface area contributed by atoms with Gasteiger partial charge in [-0.25, -0.2) is 4.98 Å². The molecule has 5 aromatic carbocycles. The Morgan fingerprint density at radius 1 is 0.660 bits per heavy atom. The van der Waals surface area contributed by atoms with Crippen molar-refractivity contribution in [3.05, 3.63) is 138 Å². The number of rotatable bonds is 3. The number of benzene rings is 5. The summed E-state index contributed by atoms with van der Waals surface area (Å²) in [5.74, 6) is 0. The fourth-order valence-corrected chi connectivity index (χ4v) is 7.15. The summed E-state index contributed by atoms with van der Waals surface area (Å²) in [6, 6.07) is 45.9. The van der Waals surface area contributed by atoms with Gasteiger partial charge in [0.15, 0.2) is 0 Å². The van der Waals surface area contributed by atoms with Crippen LogP contribution >= 0.6 is 0 Å². The Morgan fingerprint density at radius 2 is 1.24 bits per heavy atom. The summed E-state index contributed by atoms with van der Waals surface area (Å²) in [5, 5.41) is 14.7. The van der Waals surface area contributed by atoms with E-state index in [1.54, 1.807) is 0 Å². The van der Waals surface area contributed by atoms with Gasteiger partial charge in [-0.3, -0.25) is 0 Å². The van der Waals surface area contributed by atoms with Gasteiger partial charge in [0.1, 0.15) is 17.4 Å².